The number of carbonyl (C=O) groups is 1. The zero-order chi connectivity index (χ0) is 11.5. The molecule has 1 atom stereocenters. The molecule has 0 amide bonds. The third-order valence-corrected chi connectivity index (χ3v) is 3.30. The maximum atomic E-state index is 11.5. The third-order valence-electron chi connectivity index (χ3n) is 1.74. The van der Waals surface area contributed by atoms with Crippen LogP contribution in [0, 0.1) is 0 Å². The van der Waals surface area contributed by atoms with Crippen molar-refractivity contribution in [2.45, 2.75) is 17.9 Å². The summed E-state index contributed by atoms with van der Waals surface area (Å²) in [5, 5.41) is 10.4. The minimum absolute atomic E-state index is 0.0260. The first kappa shape index (κ1) is 11.7. The number of aliphatic carboxylic acids is 1. The Labute approximate surface area is 87.8 Å². The normalized spacial score (nSPS) is 13.4. The van der Waals surface area contributed by atoms with Crippen LogP contribution in [0.2, 0.25) is 0 Å². The van der Waals surface area contributed by atoms with E-state index < -0.39 is 22.0 Å². The lowest BCUT2D eigenvalue weighted by atomic mass is 10.4. The molecule has 15 heavy (non-hydrogen) atoms. The predicted molar refractivity (Wildman–Crippen MR) is 51.2 cm³/mol. The number of benzene rings is 1. The van der Waals surface area contributed by atoms with Gasteiger partial charge in [0.25, 0.3) is 0 Å². The lowest BCUT2D eigenvalue weighted by Gasteiger charge is -2.14. The SMILES string of the molecule is C[C@H](NS(=O)(=O)c1ccccc1)C(=O)[O-]. The number of carboxylic acid groups (broad SMARTS) is 1. The van der Waals surface area contributed by atoms with Crippen LogP contribution in [-0.4, -0.2) is 20.4 Å². The molecule has 0 aliphatic rings. The third kappa shape index (κ3) is 3.03. The van der Waals surface area contributed by atoms with Crippen molar-refractivity contribution >= 4 is 16.0 Å². The highest BCUT2D eigenvalue weighted by Gasteiger charge is 2.16. The Morgan fingerprint density at radius 2 is 1.87 bits per heavy atom. The summed E-state index contributed by atoms with van der Waals surface area (Å²) in [6.07, 6.45) is 0. The van der Waals surface area contributed by atoms with E-state index >= 15 is 0 Å². The molecule has 1 rings (SSSR count). The van der Waals surface area contributed by atoms with E-state index in [0.29, 0.717) is 0 Å². The fraction of sp³-hybridized carbons (Fsp3) is 0.222. The average molecular weight is 228 g/mol. The zero-order valence-corrected chi connectivity index (χ0v) is 8.82. The van der Waals surface area contributed by atoms with Crippen LogP contribution in [0.25, 0.3) is 0 Å². The number of carboxylic acids is 1. The van der Waals surface area contributed by atoms with Gasteiger partial charge >= 0.3 is 0 Å². The molecule has 6 heteroatoms. The average Bonchev–Trinajstić information content (AvgIpc) is 2.18. The van der Waals surface area contributed by atoms with Crippen LogP contribution >= 0.6 is 0 Å². The van der Waals surface area contributed by atoms with Gasteiger partial charge in [-0.2, -0.15) is 0 Å². The Morgan fingerprint density at radius 1 is 1.33 bits per heavy atom. The summed E-state index contributed by atoms with van der Waals surface area (Å²) in [6.45, 7) is 1.20. The lowest BCUT2D eigenvalue weighted by molar-refractivity contribution is -0.307. The predicted octanol–water partition coefficient (Wildman–Crippen LogP) is -0.897. The molecule has 5 nitrogen and oxygen atoms in total. The summed E-state index contributed by atoms with van der Waals surface area (Å²) < 4.78 is 25.1. The highest BCUT2D eigenvalue weighted by Crippen LogP contribution is 2.07. The number of hydrogen-bond donors (Lipinski definition) is 1. The second-order valence-corrected chi connectivity index (χ2v) is 4.69. The molecule has 0 radical (unpaired) electrons. The highest BCUT2D eigenvalue weighted by atomic mass is 32.2. The van der Waals surface area contributed by atoms with Gasteiger partial charge in [-0.1, -0.05) is 18.2 Å². The molecule has 0 fully saturated rings. The fourth-order valence-corrected chi connectivity index (χ4v) is 2.16. The molecule has 0 aromatic heterocycles. The molecular weight excluding hydrogens is 218 g/mol. The number of rotatable bonds is 4. The van der Waals surface area contributed by atoms with Gasteiger partial charge in [-0.15, -0.1) is 0 Å². The van der Waals surface area contributed by atoms with Gasteiger partial charge in [-0.25, -0.2) is 13.1 Å². The van der Waals surface area contributed by atoms with Crippen LogP contribution in [-0.2, 0) is 14.8 Å². The van der Waals surface area contributed by atoms with Crippen molar-refractivity contribution in [3.63, 3.8) is 0 Å². The van der Waals surface area contributed by atoms with Crippen molar-refractivity contribution < 1.29 is 18.3 Å². The van der Waals surface area contributed by atoms with Crippen molar-refractivity contribution in [3.8, 4) is 0 Å². The molecule has 0 spiro atoms. The van der Waals surface area contributed by atoms with Crippen molar-refractivity contribution in [2.24, 2.45) is 0 Å². The molecule has 0 heterocycles. The van der Waals surface area contributed by atoms with Crippen LogP contribution in [0.15, 0.2) is 35.2 Å². The van der Waals surface area contributed by atoms with Crippen molar-refractivity contribution in [1.29, 1.82) is 0 Å². The molecule has 0 aliphatic carbocycles. The molecule has 0 unspecified atom stereocenters. The topological polar surface area (TPSA) is 86.3 Å². The summed E-state index contributed by atoms with van der Waals surface area (Å²) in [4.78, 5) is 10.4. The highest BCUT2D eigenvalue weighted by molar-refractivity contribution is 7.89. The fourth-order valence-electron chi connectivity index (χ4n) is 0.949. The van der Waals surface area contributed by atoms with Gasteiger partial charge in [0, 0.05) is 0 Å². The molecule has 0 aliphatic heterocycles. The molecule has 1 N–H and O–H groups in total. The largest absolute Gasteiger partial charge is 0.548 e. The van der Waals surface area contributed by atoms with Crippen molar-refractivity contribution in [1.82, 2.24) is 4.72 Å². The van der Waals surface area contributed by atoms with Gasteiger partial charge in [0.05, 0.1) is 16.9 Å². The molecule has 82 valence electrons. The van der Waals surface area contributed by atoms with Crippen LogP contribution in [0.1, 0.15) is 6.92 Å². The van der Waals surface area contributed by atoms with E-state index in [0.717, 1.165) is 0 Å². The summed E-state index contributed by atoms with van der Waals surface area (Å²) in [5.41, 5.74) is 0. The smallest absolute Gasteiger partial charge is 0.241 e. The Balaban J connectivity index is 2.91. The maximum absolute atomic E-state index is 11.5. The zero-order valence-electron chi connectivity index (χ0n) is 8.01. The second-order valence-electron chi connectivity index (χ2n) is 2.98. The molecule has 0 saturated heterocycles. The lowest BCUT2D eigenvalue weighted by Crippen LogP contribution is -2.45. The second kappa shape index (κ2) is 4.41. The monoisotopic (exact) mass is 228 g/mol. The van der Waals surface area contributed by atoms with Crippen LogP contribution in [0.5, 0.6) is 0 Å². The Hall–Kier alpha value is -1.40. The first-order valence-corrected chi connectivity index (χ1v) is 5.70. The maximum Gasteiger partial charge on any atom is 0.241 e. The van der Waals surface area contributed by atoms with E-state index in [-0.39, 0.29) is 4.90 Å². The summed E-state index contributed by atoms with van der Waals surface area (Å²) in [5.74, 6) is -1.46. The van der Waals surface area contributed by atoms with Crippen LogP contribution in [0.3, 0.4) is 0 Å². The van der Waals surface area contributed by atoms with Gasteiger partial charge < -0.3 is 9.90 Å². The summed E-state index contributed by atoms with van der Waals surface area (Å²) in [7, 11) is -3.78. The summed E-state index contributed by atoms with van der Waals surface area (Å²) in [6, 6.07) is 6.28. The number of sulfonamides is 1. The quantitative estimate of drug-likeness (QED) is 0.723. The van der Waals surface area contributed by atoms with E-state index in [2.05, 4.69) is 0 Å². The van der Waals surface area contributed by atoms with Crippen molar-refractivity contribution in [2.75, 3.05) is 0 Å². The van der Waals surface area contributed by atoms with Gasteiger partial charge in [0.2, 0.25) is 10.0 Å². The first-order valence-electron chi connectivity index (χ1n) is 4.22. The summed E-state index contributed by atoms with van der Waals surface area (Å²) >= 11 is 0. The number of nitrogens with one attached hydrogen (secondary N) is 1. The minimum Gasteiger partial charge on any atom is -0.548 e. The Bertz CT molecular complexity index is 440. The van der Waals surface area contributed by atoms with E-state index in [9.17, 15) is 18.3 Å². The Kier molecular flexibility index (Phi) is 3.43. The standard InChI is InChI=1S/C9H11NO4S/c1-7(9(11)12)10-15(13,14)8-5-3-2-4-6-8/h2-7,10H,1H3,(H,11,12)/p-1/t7-/m0/s1. The van der Waals surface area contributed by atoms with Gasteiger partial charge in [0.15, 0.2) is 0 Å². The number of carbonyl (C=O) groups excluding carboxylic acids is 1. The van der Waals surface area contributed by atoms with Gasteiger partial charge in [-0.3, -0.25) is 0 Å². The molecule has 1 aromatic rings. The van der Waals surface area contributed by atoms with E-state index in [1.807, 2.05) is 4.72 Å². The molecular formula is C9H10NO4S-. The molecule has 0 saturated carbocycles. The van der Waals surface area contributed by atoms with Crippen molar-refractivity contribution in [3.05, 3.63) is 30.3 Å². The van der Waals surface area contributed by atoms with E-state index in [1.165, 1.54) is 19.1 Å². The minimum atomic E-state index is -3.78. The number of hydrogen-bond acceptors (Lipinski definition) is 4. The first-order chi connectivity index (χ1) is 6.93. The van der Waals surface area contributed by atoms with Gasteiger partial charge in [0.1, 0.15) is 0 Å². The Morgan fingerprint density at radius 3 is 2.33 bits per heavy atom. The van der Waals surface area contributed by atoms with Crippen LogP contribution < -0.4 is 9.83 Å². The molecule has 0 bridgehead atoms. The van der Waals surface area contributed by atoms with E-state index in [1.54, 1.807) is 18.2 Å². The van der Waals surface area contributed by atoms with Crippen LogP contribution in [0.4, 0.5) is 0 Å². The van der Waals surface area contributed by atoms with E-state index in [4.69, 9.17) is 0 Å². The molecule has 1 aromatic carbocycles. The van der Waals surface area contributed by atoms with Gasteiger partial charge in [-0.05, 0) is 19.1 Å².